The molecule has 186 valence electrons. The number of amides is 1. The molecule has 1 N–H and O–H groups in total. The van der Waals surface area contributed by atoms with Crippen LogP contribution in [0.25, 0.3) is 11.0 Å². The van der Waals surface area contributed by atoms with Gasteiger partial charge in [0, 0.05) is 9.86 Å². The van der Waals surface area contributed by atoms with E-state index in [0.717, 1.165) is 30.3 Å². The Morgan fingerprint density at radius 3 is 2.56 bits per heavy atom. The van der Waals surface area contributed by atoms with E-state index >= 15 is 0 Å². The van der Waals surface area contributed by atoms with Gasteiger partial charge in [-0.1, -0.05) is 28.1 Å². The van der Waals surface area contributed by atoms with Crippen LogP contribution >= 0.6 is 38.5 Å². The van der Waals surface area contributed by atoms with Gasteiger partial charge in [-0.15, -0.1) is 0 Å². The maximum absolute atomic E-state index is 12.5. The monoisotopic (exact) mass is 662 g/mol. The van der Waals surface area contributed by atoms with E-state index in [1.165, 1.54) is 0 Å². The maximum atomic E-state index is 12.5. The van der Waals surface area contributed by atoms with Crippen molar-refractivity contribution in [2.24, 2.45) is 5.10 Å². The first-order valence-electron chi connectivity index (χ1n) is 11.3. The molecule has 1 heterocycles. The zero-order valence-electron chi connectivity index (χ0n) is 19.7. The maximum Gasteiger partial charge on any atom is 0.307 e. The predicted molar refractivity (Wildman–Crippen MR) is 151 cm³/mol. The smallest absolute Gasteiger partial charge is 0.307 e. The molecule has 7 nitrogen and oxygen atoms in total. The summed E-state index contributed by atoms with van der Waals surface area (Å²) in [5.74, 6) is 1.71. The molecule has 0 radical (unpaired) electrons. The van der Waals surface area contributed by atoms with E-state index in [1.54, 1.807) is 24.4 Å². The van der Waals surface area contributed by atoms with Gasteiger partial charge in [0.1, 0.15) is 17.9 Å². The molecule has 0 aliphatic rings. The Morgan fingerprint density at radius 1 is 1.03 bits per heavy atom. The molecule has 0 atom stereocenters. The Labute approximate surface area is 231 Å². The van der Waals surface area contributed by atoms with Crippen LogP contribution in [-0.2, 0) is 6.61 Å². The topological polar surface area (TPSA) is 82.3 Å². The van der Waals surface area contributed by atoms with Gasteiger partial charge in [-0.2, -0.15) is 5.10 Å². The van der Waals surface area contributed by atoms with E-state index in [4.69, 9.17) is 18.6 Å². The lowest BCUT2D eigenvalue weighted by molar-refractivity contribution is 0.0929. The Kier molecular flexibility index (Phi) is 8.87. The molecule has 0 unspecified atom stereocenters. The first-order valence-corrected chi connectivity index (χ1v) is 13.2. The molecule has 0 spiro atoms. The van der Waals surface area contributed by atoms with Crippen molar-refractivity contribution in [3.63, 3.8) is 0 Å². The summed E-state index contributed by atoms with van der Waals surface area (Å²) in [7, 11) is 0. The van der Waals surface area contributed by atoms with Gasteiger partial charge >= 0.3 is 5.91 Å². The normalized spacial score (nSPS) is 11.1. The van der Waals surface area contributed by atoms with Gasteiger partial charge in [-0.05, 0) is 96.1 Å². The lowest BCUT2D eigenvalue weighted by atomic mass is 10.2. The van der Waals surface area contributed by atoms with Crippen molar-refractivity contribution in [2.75, 3.05) is 13.2 Å². The first-order chi connectivity index (χ1) is 17.5. The van der Waals surface area contributed by atoms with Crippen molar-refractivity contribution >= 4 is 61.6 Å². The fraction of sp³-hybridized carbons (Fsp3) is 0.185. The molecule has 0 aliphatic carbocycles. The molecule has 0 fully saturated rings. The molecule has 1 aromatic heterocycles. The van der Waals surface area contributed by atoms with Crippen LogP contribution in [0.1, 0.15) is 35.5 Å². The van der Waals surface area contributed by atoms with Crippen molar-refractivity contribution in [1.29, 1.82) is 0 Å². The minimum absolute atomic E-state index is 0.164. The summed E-state index contributed by atoms with van der Waals surface area (Å²) in [5, 5.41) is 4.88. The highest BCUT2D eigenvalue weighted by atomic mass is 127. The number of rotatable bonds is 10. The van der Waals surface area contributed by atoms with Crippen LogP contribution in [0.15, 0.2) is 74.7 Å². The van der Waals surface area contributed by atoms with Crippen LogP contribution in [0, 0.1) is 3.57 Å². The SMILES string of the molecule is CCOc1ccc2oc(C(=O)N/N=C/c3cc(I)c(OCc4ccc(Br)cc4)c(OCC)c3)cc2c1. The third-order valence-corrected chi connectivity index (χ3v) is 6.36. The second kappa shape index (κ2) is 12.3. The van der Waals surface area contributed by atoms with Crippen LogP contribution in [0.5, 0.6) is 17.2 Å². The number of furan rings is 1. The number of hydrazone groups is 1. The molecular weight excluding hydrogens is 639 g/mol. The summed E-state index contributed by atoms with van der Waals surface area (Å²) in [6, 6.07) is 18.8. The van der Waals surface area contributed by atoms with E-state index in [2.05, 4.69) is 49.0 Å². The van der Waals surface area contributed by atoms with Crippen LogP contribution < -0.4 is 19.6 Å². The number of carbonyl (C=O) groups is 1. The van der Waals surface area contributed by atoms with Gasteiger partial charge in [-0.25, -0.2) is 5.43 Å². The fourth-order valence-electron chi connectivity index (χ4n) is 3.41. The van der Waals surface area contributed by atoms with Gasteiger partial charge in [0.2, 0.25) is 0 Å². The van der Waals surface area contributed by atoms with Crippen LogP contribution in [0.3, 0.4) is 0 Å². The highest BCUT2D eigenvalue weighted by Crippen LogP contribution is 2.34. The molecule has 3 aromatic carbocycles. The largest absolute Gasteiger partial charge is 0.494 e. The molecule has 4 aromatic rings. The van der Waals surface area contributed by atoms with E-state index in [-0.39, 0.29) is 5.76 Å². The second-order valence-corrected chi connectivity index (χ2v) is 9.70. The van der Waals surface area contributed by atoms with Crippen molar-refractivity contribution in [3.05, 3.63) is 85.6 Å². The van der Waals surface area contributed by atoms with Crippen LogP contribution in [0.2, 0.25) is 0 Å². The molecular formula is C27H24BrIN2O5. The number of benzene rings is 3. The summed E-state index contributed by atoms with van der Waals surface area (Å²) in [6.45, 7) is 5.29. The van der Waals surface area contributed by atoms with Gasteiger partial charge in [0.25, 0.3) is 0 Å². The Balaban J connectivity index is 1.44. The zero-order chi connectivity index (χ0) is 25.5. The molecule has 36 heavy (non-hydrogen) atoms. The lowest BCUT2D eigenvalue weighted by Crippen LogP contribution is -2.16. The number of ether oxygens (including phenoxy) is 3. The highest BCUT2D eigenvalue weighted by Gasteiger charge is 2.14. The third-order valence-electron chi connectivity index (χ3n) is 5.03. The summed E-state index contributed by atoms with van der Waals surface area (Å²) in [6.07, 6.45) is 1.55. The number of hydrogen-bond donors (Lipinski definition) is 1. The quantitative estimate of drug-likeness (QED) is 0.113. The zero-order valence-corrected chi connectivity index (χ0v) is 23.5. The summed E-state index contributed by atoms with van der Waals surface area (Å²) < 4.78 is 24.9. The van der Waals surface area contributed by atoms with Gasteiger partial charge in [-0.3, -0.25) is 4.79 Å². The number of halogens is 2. The molecule has 9 heteroatoms. The van der Waals surface area contributed by atoms with E-state index in [1.807, 2.05) is 56.3 Å². The van der Waals surface area contributed by atoms with Crippen LogP contribution in [-0.4, -0.2) is 25.3 Å². The molecule has 1 amide bonds. The Morgan fingerprint density at radius 2 is 1.81 bits per heavy atom. The third kappa shape index (κ3) is 6.58. The average Bonchev–Trinajstić information content (AvgIpc) is 3.29. The van der Waals surface area contributed by atoms with E-state index in [0.29, 0.717) is 36.9 Å². The standard InChI is InChI=1S/C27H24BrIN2O5/c1-3-33-21-9-10-23-19(13-21)14-25(36-23)27(32)31-30-15-18-11-22(29)26(24(12-18)34-4-2)35-16-17-5-7-20(28)8-6-17/h5-15H,3-4,16H2,1-2H3,(H,31,32)/b30-15+. The molecule has 0 saturated carbocycles. The van der Waals surface area contributed by atoms with E-state index in [9.17, 15) is 4.79 Å². The Bertz CT molecular complexity index is 1390. The summed E-state index contributed by atoms with van der Waals surface area (Å²) in [4.78, 5) is 12.5. The van der Waals surface area contributed by atoms with Crippen molar-refractivity contribution < 1.29 is 23.4 Å². The molecule has 4 rings (SSSR count). The van der Waals surface area contributed by atoms with Crippen molar-refractivity contribution in [1.82, 2.24) is 5.43 Å². The number of nitrogens with zero attached hydrogens (tertiary/aromatic N) is 1. The minimum Gasteiger partial charge on any atom is -0.494 e. The molecule has 0 saturated heterocycles. The second-order valence-electron chi connectivity index (χ2n) is 7.62. The highest BCUT2D eigenvalue weighted by molar-refractivity contribution is 14.1. The number of fused-ring (bicyclic) bond motifs is 1. The fourth-order valence-corrected chi connectivity index (χ4v) is 4.46. The molecule has 0 bridgehead atoms. The van der Waals surface area contributed by atoms with Gasteiger partial charge in [0.05, 0.1) is 23.0 Å². The predicted octanol–water partition coefficient (Wildman–Crippen LogP) is 6.94. The summed E-state index contributed by atoms with van der Waals surface area (Å²) in [5.41, 5.74) is 4.91. The van der Waals surface area contributed by atoms with Crippen molar-refractivity contribution in [3.8, 4) is 17.2 Å². The number of hydrogen-bond acceptors (Lipinski definition) is 6. The average molecular weight is 663 g/mol. The van der Waals surface area contributed by atoms with Gasteiger partial charge in [0.15, 0.2) is 17.3 Å². The number of nitrogens with one attached hydrogen (secondary N) is 1. The van der Waals surface area contributed by atoms with Crippen molar-refractivity contribution in [2.45, 2.75) is 20.5 Å². The van der Waals surface area contributed by atoms with Gasteiger partial charge < -0.3 is 18.6 Å². The first kappa shape index (κ1) is 26.0. The molecule has 0 aliphatic heterocycles. The number of carbonyl (C=O) groups excluding carboxylic acids is 1. The Hall–Kier alpha value is -3.05. The van der Waals surface area contributed by atoms with Crippen LogP contribution in [0.4, 0.5) is 0 Å². The lowest BCUT2D eigenvalue weighted by Gasteiger charge is -2.14. The van der Waals surface area contributed by atoms with E-state index < -0.39 is 5.91 Å². The minimum atomic E-state index is -0.449. The summed E-state index contributed by atoms with van der Waals surface area (Å²) >= 11 is 5.64.